The molecule has 0 bridgehead atoms. The van der Waals surface area contributed by atoms with E-state index in [1.54, 1.807) is 4.90 Å². The molecule has 3 fully saturated rings. The van der Waals surface area contributed by atoms with Crippen LogP contribution in [0.1, 0.15) is 19.3 Å². The number of hydrogen-bond acceptors (Lipinski definition) is 3. The number of carbonyl (C=O) groups excluding carboxylic acids is 1. The molecular weight excluding hydrogens is 234 g/mol. The van der Waals surface area contributed by atoms with Crippen molar-refractivity contribution in [2.24, 2.45) is 5.41 Å². The molecule has 18 heavy (non-hydrogen) atoms. The van der Waals surface area contributed by atoms with Crippen LogP contribution >= 0.6 is 0 Å². The van der Waals surface area contributed by atoms with Crippen molar-refractivity contribution < 1.29 is 14.7 Å². The van der Waals surface area contributed by atoms with Crippen molar-refractivity contribution >= 4 is 12.0 Å². The Kier molecular flexibility index (Phi) is 2.69. The van der Waals surface area contributed by atoms with E-state index in [0.717, 1.165) is 26.1 Å². The third kappa shape index (κ3) is 1.67. The lowest BCUT2D eigenvalue weighted by Crippen LogP contribution is -2.50. The summed E-state index contributed by atoms with van der Waals surface area (Å²) in [6.45, 7) is 3.44. The Morgan fingerprint density at radius 2 is 2.28 bits per heavy atom. The lowest BCUT2D eigenvalue weighted by Gasteiger charge is -2.40. The predicted octanol–water partition coefficient (Wildman–Crippen LogP) is -0.0493. The van der Waals surface area contributed by atoms with Gasteiger partial charge in [0, 0.05) is 32.7 Å². The lowest BCUT2D eigenvalue weighted by molar-refractivity contribution is -0.155. The van der Waals surface area contributed by atoms with Crippen molar-refractivity contribution in [3.63, 3.8) is 0 Å². The van der Waals surface area contributed by atoms with E-state index in [9.17, 15) is 14.7 Å². The minimum absolute atomic E-state index is 0.0222. The number of urea groups is 1. The standard InChI is InChI=1S/C12H19N3O3/c16-10(17)12(2-1-3-12)8-14-7-9-6-13-4-5-15(9)11(14)18/h9,13H,1-8H2,(H,16,17). The molecule has 2 saturated heterocycles. The first-order valence-electron chi connectivity index (χ1n) is 6.62. The quantitative estimate of drug-likeness (QED) is 0.739. The Hall–Kier alpha value is -1.30. The van der Waals surface area contributed by atoms with E-state index in [2.05, 4.69) is 5.32 Å². The Balaban J connectivity index is 1.70. The van der Waals surface area contributed by atoms with E-state index in [1.807, 2.05) is 4.90 Å². The van der Waals surface area contributed by atoms with E-state index in [1.165, 1.54) is 0 Å². The molecule has 6 heteroatoms. The average molecular weight is 253 g/mol. The van der Waals surface area contributed by atoms with Crippen LogP contribution in [0.25, 0.3) is 0 Å². The van der Waals surface area contributed by atoms with E-state index < -0.39 is 11.4 Å². The molecule has 1 aliphatic carbocycles. The highest BCUT2D eigenvalue weighted by atomic mass is 16.4. The Labute approximate surface area is 106 Å². The molecule has 1 atom stereocenters. The number of carbonyl (C=O) groups is 2. The summed E-state index contributed by atoms with van der Waals surface area (Å²) in [6.07, 6.45) is 2.37. The zero-order valence-electron chi connectivity index (χ0n) is 10.4. The summed E-state index contributed by atoms with van der Waals surface area (Å²) < 4.78 is 0. The van der Waals surface area contributed by atoms with Crippen molar-refractivity contribution in [2.45, 2.75) is 25.3 Å². The van der Waals surface area contributed by atoms with Gasteiger partial charge in [-0.25, -0.2) is 4.79 Å². The van der Waals surface area contributed by atoms with Gasteiger partial charge in [-0.15, -0.1) is 0 Å². The fourth-order valence-corrected chi connectivity index (χ4v) is 3.23. The van der Waals surface area contributed by atoms with Crippen molar-refractivity contribution in [1.82, 2.24) is 15.1 Å². The SMILES string of the molecule is O=C1N(CC2(C(=O)O)CCC2)CC2CNCCN12. The van der Waals surface area contributed by atoms with Gasteiger partial charge in [-0.3, -0.25) is 4.79 Å². The fourth-order valence-electron chi connectivity index (χ4n) is 3.23. The first-order chi connectivity index (χ1) is 8.62. The Morgan fingerprint density at radius 3 is 2.83 bits per heavy atom. The van der Waals surface area contributed by atoms with Crippen LogP contribution in [0.3, 0.4) is 0 Å². The van der Waals surface area contributed by atoms with Gasteiger partial charge in [0.15, 0.2) is 0 Å². The maximum Gasteiger partial charge on any atom is 0.320 e. The van der Waals surface area contributed by atoms with E-state index in [-0.39, 0.29) is 12.1 Å². The van der Waals surface area contributed by atoms with Gasteiger partial charge in [0.25, 0.3) is 0 Å². The molecule has 2 amide bonds. The smallest absolute Gasteiger partial charge is 0.320 e. The van der Waals surface area contributed by atoms with Crippen LogP contribution in [0.2, 0.25) is 0 Å². The number of piperazine rings is 1. The molecule has 1 unspecified atom stereocenters. The summed E-state index contributed by atoms with van der Waals surface area (Å²) in [5.41, 5.74) is -0.669. The first-order valence-corrected chi connectivity index (χ1v) is 6.62. The topological polar surface area (TPSA) is 72.9 Å². The van der Waals surface area contributed by atoms with Crippen LogP contribution in [-0.4, -0.2) is 65.7 Å². The monoisotopic (exact) mass is 253 g/mol. The van der Waals surface area contributed by atoms with Crippen LogP contribution in [0, 0.1) is 5.41 Å². The second kappa shape index (κ2) is 4.12. The highest BCUT2D eigenvalue weighted by Crippen LogP contribution is 2.42. The van der Waals surface area contributed by atoms with Crippen molar-refractivity contribution in [2.75, 3.05) is 32.7 Å². The third-order valence-corrected chi connectivity index (χ3v) is 4.56. The maximum absolute atomic E-state index is 12.2. The summed E-state index contributed by atoms with van der Waals surface area (Å²) in [5, 5.41) is 12.6. The van der Waals surface area contributed by atoms with E-state index in [4.69, 9.17) is 0 Å². The molecule has 1 saturated carbocycles. The van der Waals surface area contributed by atoms with Crippen molar-refractivity contribution in [3.8, 4) is 0 Å². The van der Waals surface area contributed by atoms with Gasteiger partial charge in [0.1, 0.15) is 0 Å². The maximum atomic E-state index is 12.2. The van der Waals surface area contributed by atoms with Gasteiger partial charge < -0.3 is 20.2 Å². The van der Waals surface area contributed by atoms with Crippen LogP contribution in [-0.2, 0) is 4.79 Å². The van der Waals surface area contributed by atoms with Crippen molar-refractivity contribution in [3.05, 3.63) is 0 Å². The van der Waals surface area contributed by atoms with E-state index >= 15 is 0 Å². The summed E-state index contributed by atoms with van der Waals surface area (Å²) in [6, 6.07) is 0.242. The molecule has 3 aliphatic rings. The second-order valence-corrected chi connectivity index (χ2v) is 5.65. The summed E-state index contributed by atoms with van der Waals surface area (Å²) >= 11 is 0. The molecule has 0 spiro atoms. The van der Waals surface area contributed by atoms with E-state index in [0.29, 0.717) is 25.9 Å². The van der Waals surface area contributed by atoms with Gasteiger partial charge in [-0.1, -0.05) is 6.42 Å². The Morgan fingerprint density at radius 1 is 1.50 bits per heavy atom. The van der Waals surface area contributed by atoms with Gasteiger partial charge in [0.2, 0.25) is 0 Å². The van der Waals surface area contributed by atoms with Gasteiger partial charge in [-0.05, 0) is 12.8 Å². The number of aliphatic carboxylic acids is 1. The fraction of sp³-hybridized carbons (Fsp3) is 0.833. The molecule has 2 N–H and O–H groups in total. The number of carboxylic acids is 1. The van der Waals surface area contributed by atoms with Gasteiger partial charge >= 0.3 is 12.0 Å². The summed E-state index contributed by atoms with van der Waals surface area (Å²) in [4.78, 5) is 27.2. The number of carboxylic acid groups (broad SMARTS) is 1. The summed E-state index contributed by atoms with van der Waals surface area (Å²) in [5.74, 6) is -0.746. The Bertz CT molecular complexity index is 381. The normalized spacial score (nSPS) is 30.0. The minimum Gasteiger partial charge on any atom is -0.481 e. The molecule has 3 rings (SSSR count). The highest BCUT2D eigenvalue weighted by molar-refractivity contribution is 5.80. The average Bonchev–Trinajstić information content (AvgIpc) is 2.61. The highest BCUT2D eigenvalue weighted by Gasteiger charge is 2.49. The molecule has 0 aromatic rings. The molecule has 2 heterocycles. The number of rotatable bonds is 3. The number of fused-ring (bicyclic) bond motifs is 1. The zero-order valence-corrected chi connectivity index (χ0v) is 10.4. The summed E-state index contributed by atoms with van der Waals surface area (Å²) in [7, 11) is 0. The first kappa shape index (κ1) is 11.8. The predicted molar refractivity (Wildman–Crippen MR) is 64.3 cm³/mol. The van der Waals surface area contributed by atoms with Gasteiger partial charge in [-0.2, -0.15) is 0 Å². The van der Waals surface area contributed by atoms with Crippen LogP contribution in [0.15, 0.2) is 0 Å². The number of nitrogens with one attached hydrogen (secondary N) is 1. The van der Waals surface area contributed by atoms with Crippen LogP contribution < -0.4 is 5.32 Å². The van der Waals surface area contributed by atoms with Crippen LogP contribution in [0.4, 0.5) is 4.79 Å². The third-order valence-electron chi connectivity index (χ3n) is 4.56. The van der Waals surface area contributed by atoms with Crippen molar-refractivity contribution in [1.29, 1.82) is 0 Å². The number of hydrogen-bond donors (Lipinski definition) is 2. The molecule has 0 aromatic heterocycles. The lowest BCUT2D eigenvalue weighted by atomic mass is 9.68. The van der Waals surface area contributed by atoms with Gasteiger partial charge in [0.05, 0.1) is 11.5 Å². The minimum atomic E-state index is -0.746. The molecular formula is C12H19N3O3. The largest absolute Gasteiger partial charge is 0.481 e. The second-order valence-electron chi connectivity index (χ2n) is 5.65. The number of amides is 2. The molecule has 0 aromatic carbocycles. The molecule has 100 valence electrons. The molecule has 0 radical (unpaired) electrons. The van der Waals surface area contributed by atoms with Crippen LogP contribution in [0.5, 0.6) is 0 Å². The molecule has 6 nitrogen and oxygen atoms in total. The number of nitrogens with zero attached hydrogens (tertiary/aromatic N) is 2. The molecule has 2 aliphatic heterocycles. The zero-order chi connectivity index (χ0) is 12.8.